The fraction of sp³-hybridized carbons (Fsp3) is 0.611. The van der Waals surface area contributed by atoms with Crippen molar-refractivity contribution in [2.45, 2.75) is 46.1 Å². The van der Waals surface area contributed by atoms with Crippen molar-refractivity contribution in [1.29, 1.82) is 0 Å². The summed E-state index contributed by atoms with van der Waals surface area (Å²) in [6, 6.07) is 8.36. The average molecular weight is 431 g/mol. The molecule has 0 amide bonds. The number of hydrogen-bond acceptors (Lipinski definition) is 2. The van der Waals surface area contributed by atoms with Gasteiger partial charge in [-0.15, -0.1) is 24.0 Å². The highest BCUT2D eigenvalue weighted by Crippen LogP contribution is 2.14. The highest BCUT2D eigenvalue weighted by molar-refractivity contribution is 14.0. The minimum absolute atomic E-state index is 0. The first kappa shape index (κ1) is 20.1. The molecular weight excluding hydrogens is 401 g/mol. The molecule has 1 saturated heterocycles. The molecule has 0 atom stereocenters. The van der Waals surface area contributed by atoms with Gasteiger partial charge in [-0.05, 0) is 57.7 Å². The molecule has 0 spiro atoms. The van der Waals surface area contributed by atoms with Crippen molar-refractivity contribution in [3.63, 3.8) is 0 Å². The fourth-order valence-electron chi connectivity index (χ4n) is 2.65. The van der Waals surface area contributed by atoms with Crippen molar-refractivity contribution in [3.8, 4) is 5.75 Å². The highest BCUT2D eigenvalue weighted by Gasteiger charge is 2.15. The quantitative estimate of drug-likeness (QED) is 0.424. The van der Waals surface area contributed by atoms with Crippen LogP contribution in [0.4, 0.5) is 0 Å². The van der Waals surface area contributed by atoms with Crippen LogP contribution in [-0.4, -0.2) is 43.1 Å². The molecule has 0 aliphatic carbocycles. The third-order valence-electron chi connectivity index (χ3n) is 3.70. The Hall–Kier alpha value is -0.980. The molecule has 0 saturated carbocycles. The van der Waals surface area contributed by atoms with Gasteiger partial charge in [0.2, 0.25) is 0 Å². The topological polar surface area (TPSA) is 36.9 Å². The molecular formula is C18H30IN3O. The van der Waals surface area contributed by atoms with E-state index in [4.69, 9.17) is 9.73 Å². The van der Waals surface area contributed by atoms with Crippen LogP contribution in [0.5, 0.6) is 5.75 Å². The maximum Gasteiger partial charge on any atom is 0.193 e. The molecule has 0 bridgehead atoms. The predicted molar refractivity (Wildman–Crippen MR) is 108 cm³/mol. The summed E-state index contributed by atoms with van der Waals surface area (Å²) in [6.07, 6.45) is 3.74. The van der Waals surface area contributed by atoms with E-state index in [-0.39, 0.29) is 30.1 Å². The van der Waals surface area contributed by atoms with E-state index in [1.54, 1.807) is 0 Å². The Bertz CT molecular complexity index is 468. The van der Waals surface area contributed by atoms with Crippen LogP contribution in [-0.2, 0) is 6.42 Å². The molecule has 1 fully saturated rings. The predicted octanol–water partition coefficient (Wildman–Crippen LogP) is 3.70. The zero-order chi connectivity index (χ0) is 15.8. The van der Waals surface area contributed by atoms with Crippen LogP contribution in [0.1, 0.15) is 39.2 Å². The molecule has 23 heavy (non-hydrogen) atoms. The number of guanidine groups is 1. The number of nitrogens with one attached hydrogen (secondary N) is 1. The molecule has 2 rings (SSSR count). The lowest BCUT2D eigenvalue weighted by molar-refractivity contribution is 0.242. The van der Waals surface area contributed by atoms with Crippen LogP contribution in [0.2, 0.25) is 0 Å². The van der Waals surface area contributed by atoms with E-state index in [2.05, 4.69) is 29.3 Å². The summed E-state index contributed by atoms with van der Waals surface area (Å²) in [5.74, 6) is 2.01. The Morgan fingerprint density at radius 2 is 1.87 bits per heavy atom. The van der Waals surface area contributed by atoms with E-state index in [0.717, 1.165) is 44.3 Å². The van der Waals surface area contributed by atoms with E-state index >= 15 is 0 Å². The van der Waals surface area contributed by atoms with Gasteiger partial charge in [0.05, 0.1) is 6.10 Å². The molecule has 1 heterocycles. The standard InChI is InChI=1S/C18H29N3O.HI/c1-4-19-18(21-13-5-6-14-21)20-12-11-16-7-9-17(10-8-16)22-15(2)3;/h7-10,15H,4-6,11-14H2,1-3H3,(H,19,20);1H. The minimum Gasteiger partial charge on any atom is -0.491 e. The Labute approximate surface area is 157 Å². The lowest BCUT2D eigenvalue weighted by Crippen LogP contribution is -2.39. The highest BCUT2D eigenvalue weighted by atomic mass is 127. The number of nitrogens with zero attached hydrogens (tertiary/aromatic N) is 2. The third kappa shape index (κ3) is 6.97. The molecule has 0 radical (unpaired) electrons. The number of benzene rings is 1. The molecule has 1 aromatic rings. The van der Waals surface area contributed by atoms with Gasteiger partial charge in [0.25, 0.3) is 0 Å². The summed E-state index contributed by atoms with van der Waals surface area (Å²) < 4.78 is 5.67. The second kappa shape index (κ2) is 10.7. The molecule has 1 aromatic carbocycles. The van der Waals surface area contributed by atoms with Crippen molar-refractivity contribution in [2.24, 2.45) is 4.99 Å². The number of halogens is 1. The molecule has 1 aliphatic heterocycles. The van der Waals surface area contributed by atoms with Gasteiger partial charge in [-0.25, -0.2) is 0 Å². The summed E-state index contributed by atoms with van der Waals surface area (Å²) in [6.45, 7) is 10.2. The number of likely N-dealkylation sites (tertiary alicyclic amines) is 1. The monoisotopic (exact) mass is 431 g/mol. The molecule has 130 valence electrons. The van der Waals surface area contributed by atoms with Crippen molar-refractivity contribution in [1.82, 2.24) is 10.2 Å². The fourth-order valence-corrected chi connectivity index (χ4v) is 2.65. The van der Waals surface area contributed by atoms with Crippen LogP contribution in [0.15, 0.2) is 29.3 Å². The third-order valence-corrected chi connectivity index (χ3v) is 3.70. The molecule has 0 unspecified atom stereocenters. The van der Waals surface area contributed by atoms with Gasteiger partial charge in [-0.1, -0.05) is 12.1 Å². The van der Waals surface area contributed by atoms with Gasteiger partial charge in [0.1, 0.15) is 5.75 Å². The Morgan fingerprint density at radius 1 is 1.22 bits per heavy atom. The van der Waals surface area contributed by atoms with E-state index in [1.807, 2.05) is 26.0 Å². The SMILES string of the molecule is CCNC(=NCCc1ccc(OC(C)C)cc1)N1CCCC1.I. The largest absolute Gasteiger partial charge is 0.491 e. The van der Waals surface area contributed by atoms with Gasteiger partial charge in [0, 0.05) is 26.2 Å². The summed E-state index contributed by atoms with van der Waals surface area (Å²) in [7, 11) is 0. The molecule has 5 heteroatoms. The van der Waals surface area contributed by atoms with Crippen LogP contribution >= 0.6 is 24.0 Å². The van der Waals surface area contributed by atoms with E-state index < -0.39 is 0 Å². The molecule has 0 aromatic heterocycles. The summed E-state index contributed by atoms with van der Waals surface area (Å²) in [5.41, 5.74) is 1.30. The van der Waals surface area contributed by atoms with Crippen molar-refractivity contribution in [3.05, 3.63) is 29.8 Å². The average Bonchev–Trinajstić information content (AvgIpc) is 3.02. The second-order valence-corrected chi connectivity index (χ2v) is 5.99. The first-order valence-electron chi connectivity index (χ1n) is 8.48. The minimum atomic E-state index is 0. The lowest BCUT2D eigenvalue weighted by atomic mass is 10.1. The maximum atomic E-state index is 5.67. The van der Waals surface area contributed by atoms with Gasteiger partial charge < -0.3 is 15.0 Å². The van der Waals surface area contributed by atoms with E-state index in [0.29, 0.717) is 0 Å². The van der Waals surface area contributed by atoms with Crippen molar-refractivity contribution >= 4 is 29.9 Å². The van der Waals surface area contributed by atoms with Crippen LogP contribution < -0.4 is 10.1 Å². The van der Waals surface area contributed by atoms with Crippen LogP contribution in [0.25, 0.3) is 0 Å². The maximum absolute atomic E-state index is 5.67. The Balaban J connectivity index is 0.00000264. The summed E-state index contributed by atoms with van der Waals surface area (Å²) in [5, 5.41) is 3.40. The van der Waals surface area contributed by atoms with E-state index in [9.17, 15) is 0 Å². The van der Waals surface area contributed by atoms with Gasteiger partial charge in [-0.3, -0.25) is 4.99 Å². The zero-order valence-corrected chi connectivity index (χ0v) is 16.9. The summed E-state index contributed by atoms with van der Waals surface area (Å²) >= 11 is 0. The molecule has 4 nitrogen and oxygen atoms in total. The van der Waals surface area contributed by atoms with Crippen molar-refractivity contribution < 1.29 is 4.74 Å². The smallest absolute Gasteiger partial charge is 0.193 e. The van der Waals surface area contributed by atoms with Crippen molar-refractivity contribution in [2.75, 3.05) is 26.2 Å². The number of aliphatic imine (C=N–C) groups is 1. The molecule has 1 N–H and O–H groups in total. The van der Waals surface area contributed by atoms with E-state index in [1.165, 1.54) is 18.4 Å². The lowest BCUT2D eigenvalue weighted by Gasteiger charge is -2.20. The van der Waals surface area contributed by atoms with Crippen LogP contribution in [0, 0.1) is 0 Å². The first-order chi connectivity index (χ1) is 10.7. The molecule has 1 aliphatic rings. The zero-order valence-electron chi connectivity index (χ0n) is 14.5. The first-order valence-corrected chi connectivity index (χ1v) is 8.48. The van der Waals surface area contributed by atoms with Gasteiger partial charge in [0.15, 0.2) is 5.96 Å². The Morgan fingerprint density at radius 3 is 2.43 bits per heavy atom. The van der Waals surface area contributed by atoms with Gasteiger partial charge >= 0.3 is 0 Å². The normalized spacial score (nSPS) is 14.8. The summed E-state index contributed by atoms with van der Waals surface area (Å²) in [4.78, 5) is 7.13. The number of rotatable bonds is 6. The Kier molecular flexibility index (Phi) is 9.36. The second-order valence-electron chi connectivity index (χ2n) is 5.99. The van der Waals surface area contributed by atoms with Crippen LogP contribution in [0.3, 0.4) is 0 Å². The number of hydrogen-bond donors (Lipinski definition) is 1. The van der Waals surface area contributed by atoms with Gasteiger partial charge in [-0.2, -0.15) is 0 Å². The number of ether oxygens (including phenoxy) is 1.